The molecule has 3 aromatic rings. The number of sulfonamides is 1. The van der Waals surface area contributed by atoms with E-state index in [9.17, 15) is 8.42 Å². The fourth-order valence-corrected chi connectivity index (χ4v) is 4.53. The smallest absolute Gasteiger partial charge is 0.255 e. The number of benzene rings is 2. The molecule has 0 atom stereocenters. The summed E-state index contributed by atoms with van der Waals surface area (Å²) in [5.41, 5.74) is 3.33. The van der Waals surface area contributed by atoms with Crippen LogP contribution in [-0.4, -0.2) is 13.4 Å². The average Bonchev–Trinajstić information content (AvgIpc) is 2.98. The van der Waals surface area contributed by atoms with Gasteiger partial charge in [-0.15, -0.1) is 11.3 Å². The van der Waals surface area contributed by atoms with E-state index in [2.05, 4.69) is 9.71 Å². The van der Waals surface area contributed by atoms with E-state index in [0.717, 1.165) is 16.8 Å². The molecule has 0 unspecified atom stereocenters. The number of rotatable bonds is 4. The molecule has 1 N–H and O–H groups in total. The predicted molar refractivity (Wildman–Crippen MR) is 94.3 cm³/mol. The van der Waals surface area contributed by atoms with E-state index >= 15 is 0 Å². The van der Waals surface area contributed by atoms with Gasteiger partial charge in [0.15, 0.2) is 5.13 Å². The third-order valence-corrected chi connectivity index (χ3v) is 5.80. The summed E-state index contributed by atoms with van der Waals surface area (Å²) in [6.07, 6.45) is 0. The highest BCUT2D eigenvalue weighted by Crippen LogP contribution is 2.27. The van der Waals surface area contributed by atoms with Crippen LogP contribution in [-0.2, 0) is 10.0 Å². The van der Waals surface area contributed by atoms with E-state index in [4.69, 9.17) is 0 Å². The van der Waals surface area contributed by atoms with Gasteiger partial charge in [0, 0.05) is 10.9 Å². The number of aryl methyl sites for hydroxylation is 2. The van der Waals surface area contributed by atoms with Crippen LogP contribution >= 0.6 is 11.3 Å². The maximum absolute atomic E-state index is 12.6. The summed E-state index contributed by atoms with van der Waals surface area (Å²) in [7, 11) is -3.64. The van der Waals surface area contributed by atoms with Crippen LogP contribution in [0.5, 0.6) is 0 Å². The molecule has 0 spiro atoms. The average molecular weight is 344 g/mol. The molecule has 0 aliphatic carbocycles. The molecule has 1 aromatic heterocycles. The van der Waals surface area contributed by atoms with Gasteiger partial charge in [-0.3, -0.25) is 4.72 Å². The molecule has 0 amide bonds. The third kappa shape index (κ3) is 3.43. The van der Waals surface area contributed by atoms with Gasteiger partial charge in [0.1, 0.15) is 0 Å². The Hall–Kier alpha value is -2.18. The standard InChI is InChI=1S/C17H16N2O2S2/c1-12-8-9-13(2)16(10-12)23(20,21)19-17-18-15(11-22-17)14-6-4-3-5-7-14/h3-11H,1-2H3,(H,18,19). The Bertz CT molecular complexity index is 932. The molecule has 0 aliphatic rings. The van der Waals surface area contributed by atoms with Crippen molar-refractivity contribution >= 4 is 26.5 Å². The van der Waals surface area contributed by atoms with E-state index in [0.29, 0.717) is 10.7 Å². The molecular formula is C17H16N2O2S2. The first-order chi connectivity index (χ1) is 11.0. The number of nitrogens with one attached hydrogen (secondary N) is 1. The van der Waals surface area contributed by atoms with Crippen molar-refractivity contribution in [3.05, 3.63) is 65.0 Å². The van der Waals surface area contributed by atoms with Gasteiger partial charge in [-0.25, -0.2) is 13.4 Å². The lowest BCUT2D eigenvalue weighted by Crippen LogP contribution is -2.14. The number of nitrogens with zero attached hydrogens (tertiary/aromatic N) is 1. The van der Waals surface area contributed by atoms with Crippen molar-refractivity contribution in [2.45, 2.75) is 18.7 Å². The number of anilines is 1. The molecule has 0 saturated carbocycles. The Morgan fingerprint density at radius 1 is 1.04 bits per heavy atom. The second-order valence-electron chi connectivity index (χ2n) is 5.28. The highest BCUT2D eigenvalue weighted by Gasteiger charge is 2.19. The summed E-state index contributed by atoms with van der Waals surface area (Å²) in [6.45, 7) is 3.65. The van der Waals surface area contributed by atoms with E-state index < -0.39 is 10.0 Å². The molecule has 23 heavy (non-hydrogen) atoms. The number of hydrogen-bond acceptors (Lipinski definition) is 4. The minimum absolute atomic E-state index is 0.286. The molecule has 0 radical (unpaired) electrons. The van der Waals surface area contributed by atoms with E-state index in [1.54, 1.807) is 19.1 Å². The van der Waals surface area contributed by atoms with Crippen molar-refractivity contribution in [1.82, 2.24) is 4.98 Å². The second kappa shape index (κ2) is 6.14. The number of hydrogen-bond donors (Lipinski definition) is 1. The highest BCUT2D eigenvalue weighted by molar-refractivity contribution is 7.93. The van der Waals surface area contributed by atoms with Gasteiger partial charge in [-0.05, 0) is 31.0 Å². The largest absolute Gasteiger partial charge is 0.263 e. The topological polar surface area (TPSA) is 59.1 Å². The molecule has 4 nitrogen and oxygen atoms in total. The third-order valence-electron chi connectivity index (χ3n) is 3.43. The molecule has 0 fully saturated rings. The zero-order valence-corrected chi connectivity index (χ0v) is 14.4. The van der Waals surface area contributed by atoms with Crippen molar-refractivity contribution < 1.29 is 8.42 Å². The van der Waals surface area contributed by atoms with Crippen molar-refractivity contribution in [2.24, 2.45) is 0 Å². The Kier molecular flexibility index (Phi) is 4.19. The Balaban J connectivity index is 1.90. The maximum atomic E-state index is 12.6. The van der Waals surface area contributed by atoms with Crippen LogP contribution in [0.15, 0.2) is 58.8 Å². The van der Waals surface area contributed by atoms with Gasteiger partial charge in [-0.2, -0.15) is 0 Å². The van der Waals surface area contributed by atoms with Crippen LogP contribution in [0.1, 0.15) is 11.1 Å². The fourth-order valence-electron chi connectivity index (χ4n) is 2.23. The van der Waals surface area contributed by atoms with Crippen LogP contribution in [0.25, 0.3) is 11.3 Å². The van der Waals surface area contributed by atoms with Crippen molar-refractivity contribution in [1.29, 1.82) is 0 Å². The van der Waals surface area contributed by atoms with E-state index in [1.807, 2.05) is 48.7 Å². The SMILES string of the molecule is Cc1ccc(C)c(S(=O)(=O)Nc2nc(-c3ccccc3)cs2)c1. The van der Waals surface area contributed by atoms with Crippen molar-refractivity contribution in [3.63, 3.8) is 0 Å². The van der Waals surface area contributed by atoms with E-state index in [1.165, 1.54) is 11.3 Å². The van der Waals surface area contributed by atoms with Crippen LogP contribution in [0.3, 0.4) is 0 Å². The summed E-state index contributed by atoms with van der Waals surface area (Å²) < 4.78 is 27.7. The Morgan fingerprint density at radius 2 is 1.78 bits per heavy atom. The van der Waals surface area contributed by atoms with Crippen molar-refractivity contribution in [3.8, 4) is 11.3 Å². The lowest BCUT2D eigenvalue weighted by Gasteiger charge is -2.09. The zero-order valence-electron chi connectivity index (χ0n) is 12.8. The predicted octanol–water partition coefficient (Wildman–Crippen LogP) is 4.23. The Labute approximate surface area is 139 Å². The number of thiazole rings is 1. The lowest BCUT2D eigenvalue weighted by atomic mass is 10.2. The zero-order chi connectivity index (χ0) is 16.4. The van der Waals surface area contributed by atoms with Gasteiger partial charge in [0.2, 0.25) is 0 Å². The fraction of sp³-hybridized carbons (Fsp3) is 0.118. The molecule has 1 heterocycles. The molecule has 118 valence electrons. The first-order valence-electron chi connectivity index (χ1n) is 7.07. The van der Waals surface area contributed by atoms with Crippen molar-refractivity contribution in [2.75, 3.05) is 4.72 Å². The van der Waals surface area contributed by atoms with Crippen LogP contribution in [0, 0.1) is 13.8 Å². The molecule has 0 aliphatic heterocycles. The minimum Gasteiger partial charge on any atom is -0.255 e. The molecule has 6 heteroatoms. The van der Waals surface area contributed by atoms with Crippen LogP contribution in [0.4, 0.5) is 5.13 Å². The molecule has 2 aromatic carbocycles. The quantitative estimate of drug-likeness (QED) is 0.770. The number of aromatic nitrogens is 1. The summed E-state index contributed by atoms with van der Waals surface area (Å²) >= 11 is 1.27. The maximum Gasteiger partial charge on any atom is 0.263 e. The summed E-state index contributed by atoms with van der Waals surface area (Å²) in [4.78, 5) is 4.66. The lowest BCUT2D eigenvalue weighted by molar-refractivity contribution is 0.600. The summed E-state index contributed by atoms with van der Waals surface area (Å²) in [5.74, 6) is 0. The van der Waals surface area contributed by atoms with Gasteiger partial charge < -0.3 is 0 Å². The summed E-state index contributed by atoms with van der Waals surface area (Å²) in [6, 6.07) is 15.0. The first kappa shape index (κ1) is 15.7. The molecular weight excluding hydrogens is 328 g/mol. The monoisotopic (exact) mass is 344 g/mol. The second-order valence-corrected chi connectivity index (χ2v) is 7.79. The van der Waals surface area contributed by atoms with Gasteiger partial charge >= 0.3 is 0 Å². The minimum atomic E-state index is -3.64. The van der Waals surface area contributed by atoms with E-state index in [-0.39, 0.29) is 4.90 Å². The molecule has 0 saturated heterocycles. The molecule has 3 rings (SSSR count). The van der Waals surface area contributed by atoms with Crippen LogP contribution < -0.4 is 4.72 Å². The summed E-state index contributed by atoms with van der Waals surface area (Å²) in [5, 5.41) is 2.21. The molecule has 0 bridgehead atoms. The normalized spacial score (nSPS) is 11.4. The van der Waals surface area contributed by atoms with Gasteiger partial charge in [-0.1, -0.05) is 42.5 Å². The highest BCUT2D eigenvalue weighted by atomic mass is 32.2. The van der Waals surface area contributed by atoms with Crippen LogP contribution in [0.2, 0.25) is 0 Å². The Morgan fingerprint density at radius 3 is 2.52 bits per heavy atom. The first-order valence-corrected chi connectivity index (χ1v) is 9.43. The van der Waals surface area contributed by atoms with Gasteiger partial charge in [0.05, 0.1) is 10.6 Å². The van der Waals surface area contributed by atoms with Gasteiger partial charge in [0.25, 0.3) is 10.0 Å².